The number of hydrogen-bond donors (Lipinski definition) is 1. The van der Waals surface area contributed by atoms with Crippen molar-refractivity contribution in [1.29, 1.82) is 0 Å². The highest BCUT2D eigenvalue weighted by molar-refractivity contribution is 5.44. The van der Waals surface area contributed by atoms with E-state index in [1.165, 1.54) is 12.8 Å². The van der Waals surface area contributed by atoms with Crippen LogP contribution in [0.1, 0.15) is 30.4 Å². The topological polar surface area (TPSA) is 23.5 Å². The first-order valence-corrected chi connectivity index (χ1v) is 8.86. The van der Waals surface area contributed by atoms with Crippen LogP contribution in [0.5, 0.6) is 0 Å². The van der Waals surface area contributed by atoms with E-state index < -0.39 is 5.60 Å². The van der Waals surface area contributed by atoms with Gasteiger partial charge < -0.3 is 5.11 Å². The van der Waals surface area contributed by atoms with Gasteiger partial charge in [-0.05, 0) is 38.3 Å². The molecule has 3 fully saturated rings. The molecule has 2 aromatic carbocycles. The van der Waals surface area contributed by atoms with Gasteiger partial charge in [-0.3, -0.25) is 4.90 Å². The highest BCUT2D eigenvalue weighted by Crippen LogP contribution is 2.33. The molecule has 1 N–H and O–H groups in total. The van der Waals surface area contributed by atoms with Crippen molar-refractivity contribution in [3.63, 3.8) is 0 Å². The molecule has 0 aliphatic carbocycles. The Morgan fingerprint density at radius 3 is 1.88 bits per heavy atom. The first kappa shape index (κ1) is 15.4. The van der Waals surface area contributed by atoms with Crippen LogP contribution < -0.4 is 0 Å². The van der Waals surface area contributed by atoms with Crippen LogP contribution in [0.15, 0.2) is 60.7 Å². The highest BCUT2D eigenvalue weighted by Gasteiger charge is 2.34. The van der Waals surface area contributed by atoms with Crippen LogP contribution in [0, 0.1) is 17.8 Å². The second kappa shape index (κ2) is 6.43. The minimum absolute atomic E-state index is 0.288. The van der Waals surface area contributed by atoms with E-state index >= 15 is 0 Å². The number of rotatable bonds is 2. The van der Waals surface area contributed by atoms with Gasteiger partial charge >= 0.3 is 0 Å². The second-order valence-electron chi connectivity index (χ2n) is 6.94. The fraction of sp³-hybridized carbons (Fsp3) is 0.364. The van der Waals surface area contributed by atoms with E-state index in [0.29, 0.717) is 0 Å². The molecule has 3 saturated heterocycles. The summed E-state index contributed by atoms with van der Waals surface area (Å²) in [7, 11) is 0. The van der Waals surface area contributed by atoms with Gasteiger partial charge in [0.25, 0.3) is 0 Å². The quantitative estimate of drug-likeness (QED) is 0.858. The summed E-state index contributed by atoms with van der Waals surface area (Å²) in [6, 6.07) is 19.9. The number of aliphatic hydroxyl groups is 1. The van der Waals surface area contributed by atoms with E-state index in [4.69, 9.17) is 0 Å². The summed E-state index contributed by atoms with van der Waals surface area (Å²) < 4.78 is 0. The largest absolute Gasteiger partial charge is 0.369 e. The minimum atomic E-state index is -1.25. The van der Waals surface area contributed by atoms with Gasteiger partial charge in [-0.15, -0.1) is 0 Å². The Labute approximate surface area is 144 Å². The molecule has 0 amide bonds. The van der Waals surface area contributed by atoms with E-state index in [-0.39, 0.29) is 6.04 Å². The van der Waals surface area contributed by atoms with Crippen LogP contribution in [-0.4, -0.2) is 29.1 Å². The molecule has 5 rings (SSSR count). The standard InChI is InChI=1S/C22H23NO/c24-22(19-7-3-1-4-8-19,20-9-5-2-6-10-20)14-11-21-17-18-12-15-23(21)16-13-18/h1-10,18,21,24H,12-13,15-17H2/t21-/m1/s1. The summed E-state index contributed by atoms with van der Waals surface area (Å²) in [5, 5.41) is 11.5. The van der Waals surface area contributed by atoms with Crippen LogP contribution >= 0.6 is 0 Å². The molecular formula is C22H23NO. The molecule has 24 heavy (non-hydrogen) atoms. The molecule has 0 aromatic heterocycles. The number of piperidine rings is 3. The number of nitrogens with zero attached hydrogens (tertiary/aromatic N) is 1. The molecule has 2 nitrogen and oxygen atoms in total. The summed E-state index contributed by atoms with van der Waals surface area (Å²) in [5.74, 6) is 7.48. The van der Waals surface area contributed by atoms with Crippen LogP contribution in [0.3, 0.4) is 0 Å². The van der Waals surface area contributed by atoms with Crippen molar-refractivity contribution in [1.82, 2.24) is 4.90 Å². The predicted molar refractivity (Wildman–Crippen MR) is 96.4 cm³/mol. The van der Waals surface area contributed by atoms with Crippen molar-refractivity contribution in [2.45, 2.75) is 30.9 Å². The molecule has 0 spiro atoms. The Hall–Kier alpha value is -2.08. The van der Waals surface area contributed by atoms with Gasteiger partial charge in [0.05, 0.1) is 6.04 Å². The maximum atomic E-state index is 11.5. The van der Waals surface area contributed by atoms with Crippen molar-refractivity contribution in [3.05, 3.63) is 71.8 Å². The molecule has 3 aliphatic rings. The fourth-order valence-corrected chi connectivity index (χ4v) is 3.97. The van der Waals surface area contributed by atoms with E-state index in [1.54, 1.807) is 0 Å². The second-order valence-corrected chi connectivity index (χ2v) is 6.94. The molecule has 122 valence electrons. The Balaban J connectivity index is 1.71. The lowest BCUT2D eigenvalue weighted by atomic mass is 9.82. The van der Waals surface area contributed by atoms with Gasteiger partial charge in [-0.2, -0.15) is 0 Å². The van der Waals surface area contributed by atoms with Crippen molar-refractivity contribution < 1.29 is 5.11 Å². The molecule has 3 aliphatic heterocycles. The van der Waals surface area contributed by atoms with Gasteiger partial charge in [0, 0.05) is 11.1 Å². The predicted octanol–water partition coefficient (Wildman–Crippen LogP) is 3.41. The molecule has 1 atom stereocenters. The Morgan fingerprint density at radius 1 is 0.875 bits per heavy atom. The third kappa shape index (κ3) is 2.86. The summed E-state index contributed by atoms with van der Waals surface area (Å²) in [6.45, 7) is 2.30. The van der Waals surface area contributed by atoms with Crippen molar-refractivity contribution in [2.24, 2.45) is 5.92 Å². The van der Waals surface area contributed by atoms with Gasteiger partial charge in [-0.1, -0.05) is 72.5 Å². The highest BCUT2D eigenvalue weighted by atomic mass is 16.3. The number of fused-ring (bicyclic) bond motifs is 3. The third-order valence-corrected chi connectivity index (χ3v) is 5.45. The molecule has 0 radical (unpaired) electrons. The average molecular weight is 317 g/mol. The average Bonchev–Trinajstić information content (AvgIpc) is 2.68. The zero-order valence-corrected chi connectivity index (χ0v) is 13.9. The van der Waals surface area contributed by atoms with Crippen molar-refractivity contribution in [3.8, 4) is 11.8 Å². The zero-order chi connectivity index (χ0) is 16.4. The zero-order valence-electron chi connectivity index (χ0n) is 13.9. The SMILES string of the molecule is OC(C#C[C@@H]1CC2CCN1CC2)(c1ccccc1)c1ccccc1. The fourth-order valence-electron chi connectivity index (χ4n) is 3.97. The molecule has 0 unspecified atom stereocenters. The third-order valence-electron chi connectivity index (χ3n) is 5.45. The normalized spacial score (nSPS) is 25.8. The van der Waals surface area contributed by atoms with E-state index in [1.807, 2.05) is 60.7 Å². The maximum Gasteiger partial charge on any atom is 0.176 e. The van der Waals surface area contributed by atoms with Crippen LogP contribution in [0.2, 0.25) is 0 Å². The smallest absolute Gasteiger partial charge is 0.176 e. The van der Waals surface area contributed by atoms with E-state index in [2.05, 4.69) is 16.7 Å². The maximum absolute atomic E-state index is 11.5. The molecule has 0 saturated carbocycles. The lowest BCUT2D eigenvalue weighted by molar-refractivity contribution is 0.0774. The van der Waals surface area contributed by atoms with Gasteiger partial charge in [-0.25, -0.2) is 0 Å². The van der Waals surface area contributed by atoms with Crippen LogP contribution in [-0.2, 0) is 5.60 Å². The number of benzene rings is 2. The summed E-state index contributed by atoms with van der Waals surface area (Å²) in [5.41, 5.74) is 0.416. The summed E-state index contributed by atoms with van der Waals surface area (Å²) in [4.78, 5) is 2.48. The monoisotopic (exact) mass is 317 g/mol. The van der Waals surface area contributed by atoms with Crippen molar-refractivity contribution >= 4 is 0 Å². The first-order valence-electron chi connectivity index (χ1n) is 8.86. The Kier molecular flexibility index (Phi) is 4.14. The van der Waals surface area contributed by atoms with Gasteiger partial charge in [0.2, 0.25) is 0 Å². The number of hydrogen-bond acceptors (Lipinski definition) is 2. The lowest BCUT2D eigenvalue weighted by Gasteiger charge is -2.43. The van der Waals surface area contributed by atoms with E-state index in [0.717, 1.165) is 36.6 Å². The molecule has 2 heteroatoms. The van der Waals surface area contributed by atoms with Crippen LogP contribution in [0.25, 0.3) is 0 Å². The van der Waals surface area contributed by atoms with Gasteiger partial charge in [0.1, 0.15) is 0 Å². The Bertz CT molecular complexity index is 696. The lowest BCUT2D eigenvalue weighted by Crippen LogP contribution is -2.48. The summed E-state index contributed by atoms with van der Waals surface area (Å²) in [6.07, 6.45) is 3.76. The minimum Gasteiger partial charge on any atom is -0.369 e. The van der Waals surface area contributed by atoms with Gasteiger partial charge in [0.15, 0.2) is 5.60 Å². The molecular weight excluding hydrogens is 294 g/mol. The van der Waals surface area contributed by atoms with E-state index in [9.17, 15) is 5.11 Å². The molecule has 2 aromatic rings. The van der Waals surface area contributed by atoms with Crippen LogP contribution in [0.4, 0.5) is 0 Å². The molecule has 2 bridgehead atoms. The Morgan fingerprint density at radius 2 is 1.42 bits per heavy atom. The summed E-state index contributed by atoms with van der Waals surface area (Å²) >= 11 is 0. The van der Waals surface area contributed by atoms with Crippen molar-refractivity contribution in [2.75, 3.05) is 13.1 Å². The first-order chi connectivity index (χ1) is 11.8. The molecule has 3 heterocycles.